The Hall–Kier alpha value is -0.770. The first-order valence-corrected chi connectivity index (χ1v) is 3.80. The number of aliphatic hydroxyl groups excluding tert-OH is 1. The minimum absolute atomic E-state index is 0.0926. The highest BCUT2D eigenvalue weighted by atomic mass is 16.6. The predicted octanol–water partition coefficient (Wildman–Crippen LogP) is 0.210. The third-order valence-electron chi connectivity index (χ3n) is 1.56. The Labute approximate surface area is 65.8 Å². The number of amides is 1. The standard InChI is InChI=1S/C7H13NO3/c1-6(9)5-11-7(10)8-3-2-4-8/h6,9H,2-5H2,1H3. The van der Waals surface area contributed by atoms with Crippen molar-refractivity contribution in [3.63, 3.8) is 0 Å². The summed E-state index contributed by atoms with van der Waals surface area (Å²) in [6.07, 6.45) is 0.182. The second kappa shape index (κ2) is 3.57. The molecule has 1 heterocycles. The van der Waals surface area contributed by atoms with E-state index in [9.17, 15) is 4.79 Å². The van der Waals surface area contributed by atoms with E-state index in [0.717, 1.165) is 19.5 Å². The van der Waals surface area contributed by atoms with Crippen LogP contribution < -0.4 is 0 Å². The first kappa shape index (κ1) is 8.33. The minimum Gasteiger partial charge on any atom is -0.447 e. The number of hydrogen-bond acceptors (Lipinski definition) is 3. The molecule has 64 valence electrons. The molecule has 0 saturated carbocycles. The molecule has 0 aromatic heterocycles. The molecule has 1 aliphatic rings. The SMILES string of the molecule is CC(O)COC(=O)N1CCC1. The van der Waals surface area contributed by atoms with Gasteiger partial charge in [-0.1, -0.05) is 0 Å². The van der Waals surface area contributed by atoms with Crippen LogP contribution in [0.25, 0.3) is 0 Å². The molecule has 1 amide bonds. The van der Waals surface area contributed by atoms with Gasteiger partial charge in [-0.25, -0.2) is 4.79 Å². The molecule has 11 heavy (non-hydrogen) atoms. The van der Waals surface area contributed by atoms with Gasteiger partial charge in [0.2, 0.25) is 0 Å². The van der Waals surface area contributed by atoms with Crippen LogP contribution in [0.1, 0.15) is 13.3 Å². The van der Waals surface area contributed by atoms with Gasteiger partial charge < -0.3 is 14.7 Å². The van der Waals surface area contributed by atoms with Gasteiger partial charge in [-0.3, -0.25) is 0 Å². The van der Waals surface area contributed by atoms with Gasteiger partial charge in [-0.15, -0.1) is 0 Å². The molecule has 0 aromatic rings. The van der Waals surface area contributed by atoms with Crippen LogP contribution in [0.2, 0.25) is 0 Å². The minimum atomic E-state index is -0.569. The van der Waals surface area contributed by atoms with Crippen molar-refractivity contribution in [2.24, 2.45) is 0 Å². The maximum Gasteiger partial charge on any atom is 0.409 e. The van der Waals surface area contributed by atoms with Crippen LogP contribution in [0.5, 0.6) is 0 Å². The number of ether oxygens (including phenoxy) is 1. The fourth-order valence-electron chi connectivity index (χ4n) is 0.782. The van der Waals surface area contributed by atoms with Gasteiger partial charge in [0.25, 0.3) is 0 Å². The Balaban J connectivity index is 2.10. The highest BCUT2D eigenvalue weighted by Crippen LogP contribution is 2.07. The highest BCUT2D eigenvalue weighted by Gasteiger charge is 2.21. The topological polar surface area (TPSA) is 49.8 Å². The molecule has 1 unspecified atom stereocenters. The van der Waals surface area contributed by atoms with Crippen LogP contribution in [0.3, 0.4) is 0 Å². The van der Waals surface area contributed by atoms with E-state index in [1.807, 2.05) is 0 Å². The van der Waals surface area contributed by atoms with Gasteiger partial charge in [0.15, 0.2) is 0 Å². The van der Waals surface area contributed by atoms with E-state index in [-0.39, 0.29) is 12.7 Å². The van der Waals surface area contributed by atoms with E-state index in [1.54, 1.807) is 11.8 Å². The molecule has 1 saturated heterocycles. The van der Waals surface area contributed by atoms with E-state index in [4.69, 9.17) is 9.84 Å². The van der Waals surface area contributed by atoms with Crippen LogP contribution in [-0.4, -0.2) is 41.9 Å². The van der Waals surface area contributed by atoms with Gasteiger partial charge in [0, 0.05) is 13.1 Å². The number of rotatable bonds is 2. The van der Waals surface area contributed by atoms with E-state index in [2.05, 4.69) is 0 Å². The summed E-state index contributed by atoms with van der Waals surface area (Å²) in [6, 6.07) is 0. The summed E-state index contributed by atoms with van der Waals surface area (Å²) < 4.78 is 4.74. The van der Waals surface area contributed by atoms with Gasteiger partial charge in [-0.05, 0) is 13.3 Å². The summed E-state index contributed by atoms with van der Waals surface area (Å²) in [7, 11) is 0. The Bertz CT molecular complexity index is 143. The Morgan fingerprint density at radius 2 is 2.36 bits per heavy atom. The molecular formula is C7H13NO3. The van der Waals surface area contributed by atoms with Gasteiger partial charge in [0.05, 0.1) is 6.10 Å². The number of likely N-dealkylation sites (tertiary alicyclic amines) is 1. The molecular weight excluding hydrogens is 146 g/mol. The molecule has 4 nitrogen and oxygen atoms in total. The lowest BCUT2D eigenvalue weighted by Crippen LogP contribution is -2.42. The summed E-state index contributed by atoms with van der Waals surface area (Å²) in [5.41, 5.74) is 0. The molecule has 1 fully saturated rings. The number of carbonyl (C=O) groups excluding carboxylic acids is 1. The first-order chi connectivity index (χ1) is 5.20. The van der Waals surface area contributed by atoms with Crippen molar-refractivity contribution < 1.29 is 14.6 Å². The average Bonchev–Trinajstić information content (AvgIpc) is 1.79. The van der Waals surface area contributed by atoms with Crippen LogP contribution in [0, 0.1) is 0 Å². The lowest BCUT2D eigenvalue weighted by atomic mass is 10.2. The van der Waals surface area contributed by atoms with E-state index in [0.29, 0.717) is 0 Å². The van der Waals surface area contributed by atoms with E-state index < -0.39 is 6.10 Å². The Morgan fingerprint density at radius 3 is 2.73 bits per heavy atom. The number of nitrogens with zero attached hydrogens (tertiary/aromatic N) is 1. The smallest absolute Gasteiger partial charge is 0.409 e. The average molecular weight is 159 g/mol. The zero-order chi connectivity index (χ0) is 8.27. The lowest BCUT2D eigenvalue weighted by molar-refractivity contribution is 0.0429. The fourth-order valence-corrected chi connectivity index (χ4v) is 0.782. The van der Waals surface area contributed by atoms with Crippen LogP contribution in [-0.2, 0) is 4.74 Å². The van der Waals surface area contributed by atoms with Crippen molar-refractivity contribution in [1.82, 2.24) is 4.90 Å². The first-order valence-electron chi connectivity index (χ1n) is 3.80. The zero-order valence-electron chi connectivity index (χ0n) is 6.62. The second-order valence-corrected chi connectivity index (χ2v) is 2.77. The monoisotopic (exact) mass is 159 g/mol. The summed E-state index contributed by atoms with van der Waals surface area (Å²) in [5, 5.41) is 8.78. The van der Waals surface area contributed by atoms with Crippen molar-refractivity contribution in [1.29, 1.82) is 0 Å². The summed E-state index contributed by atoms with van der Waals surface area (Å²) in [5.74, 6) is 0. The quantitative estimate of drug-likeness (QED) is 0.626. The molecule has 1 rings (SSSR count). The molecule has 0 spiro atoms. The van der Waals surface area contributed by atoms with Crippen molar-refractivity contribution in [2.75, 3.05) is 19.7 Å². The zero-order valence-corrected chi connectivity index (χ0v) is 6.62. The molecule has 1 N–H and O–H groups in total. The van der Waals surface area contributed by atoms with Crippen LogP contribution in [0.4, 0.5) is 4.79 Å². The van der Waals surface area contributed by atoms with Crippen LogP contribution in [0.15, 0.2) is 0 Å². The van der Waals surface area contributed by atoms with Crippen molar-refractivity contribution in [3.05, 3.63) is 0 Å². The van der Waals surface area contributed by atoms with Crippen LogP contribution >= 0.6 is 0 Å². The Kier molecular flexibility index (Phi) is 2.70. The van der Waals surface area contributed by atoms with E-state index in [1.165, 1.54) is 0 Å². The largest absolute Gasteiger partial charge is 0.447 e. The molecule has 0 aromatic carbocycles. The molecule has 1 aliphatic heterocycles. The normalized spacial score (nSPS) is 18.9. The van der Waals surface area contributed by atoms with Gasteiger partial charge in [0.1, 0.15) is 6.61 Å². The summed E-state index contributed by atoms with van der Waals surface area (Å²) in [6.45, 7) is 3.26. The fraction of sp³-hybridized carbons (Fsp3) is 0.857. The predicted molar refractivity (Wildman–Crippen MR) is 39.2 cm³/mol. The second-order valence-electron chi connectivity index (χ2n) is 2.77. The Morgan fingerprint density at radius 1 is 1.73 bits per heavy atom. The maximum absolute atomic E-state index is 10.9. The third-order valence-corrected chi connectivity index (χ3v) is 1.56. The van der Waals surface area contributed by atoms with Crippen molar-refractivity contribution in [2.45, 2.75) is 19.4 Å². The van der Waals surface area contributed by atoms with Crippen molar-refractivity contribution in [3.8, 4) is 0 Å². The molecule has 0 radical (unpaired) electrons. The van der Waals surface area contributed by atoms with Crippen molar-refractivity contribution >= 4 is 6.09 Å². The number of hydrogen-bond donors (Lipinski definition) is 1. The number of carbonyl (C=O) groups is 1. The third kappa shape index (κ3) is 2.38. The summed E-state index contributed by atoms with van der Waals surface area (Å²) in [4.78, 5) is 12.5. The van der Waals surface area contributed by atoms with E-state index >= 15 is 0 Å². The molecule has 4 heteroatoms. The maximum atomic E-state index is 10.9. The highest BCUT2D eigenvalue weighted by molar-refractivity contribution is 5.68. The summed E-state index contributed by atoms with van der Waals surface area (Å²) >= 11 is 0. The molecule has 1 atom stereocenters. The lowest BCUT2D eigenvalue weighted by Gasteiger charge is -2.29. The van der Waals surface area contributed by atoms with Gasteiger partial charge in [-0.2, -0.15) is 0 Å². The molecule has 0 bridgehead atoms. The molecule has 0 aliphatic carbocycles. The van der Waals surface area contributed by atoms with Gasteiger partial charge >= 0.3 is 6.09 Å². The number of aliphatic hydroxyl groups is 1.